The Morgan fingerprint density at radius 1 is 1.04 bits per heavy atom. The van der Waals surface area contributed by atoms with Crippen LogP contribution in [-0.4, -0.2) is 34.3 Å². The van der Waals surface area contributed by atoms with Gasteiger partial charge in [0.1, 0.15) is 0 Å². The summed E-state index contributed by atoms with van der Waals surface area (Å²) in [7, 11) is -3.41. The molecule has 0 radical (unpaired) electrons. The van der Waals surface area contributed by atoms with E-state index in [2.05, 4.69) is 73.8 Å². The monoisotopic (exact) mass is 353 g/mol. The molecule has 5 heteroatoms. The highest BCUT2D eigenvalue weighted by Gasteiger charge is 2.54. The fourth-order valence-corrected chi connectivity index (χ4v) is 5.49. The van der Waals surface area contributed by atoms with Crippen molar-refractivity contribution in [2.45, 2.75) is 95.7 Å². The van der Waals surface area contributed by atoms with Crippen molar-refractivity contribution < 1.29 is 9.16 Å². The molecule has 0 amide bonds. The normalized spacial score (nSPS) is 24.6. The Kier molecular flexibility index (Phi) is 5.81. The molecule has 0 aliphatic carbocycles. The van der Waals surface area contributed by atoms with Crippen LogP contribution in [0.4, 0.5) is 0 Å². The van der Waals surface area contributed by atoms with Gasteiger partial charge in [0.05, 0.1) is 26.0 Å². The van der Waals surface area contributed by atoms with Crippen molar-refractivity contribution in [3.8, 4) is 6.07 Å². The van der Waals surface area contributed by atoms with Gasteiger partial charge in [-0.2, -0.15) is 5.26 Å². The molecule has 1 rings (SSSR count). The number of nitrogens with zero attached hydrogens (tertiary/aromatic N) is 1. The van der Waals surface area contributed by atoms with E-state index in [9.17, 15) is 5.26 Å². The Morgan fingerprint density at radius 2 is 1.57 bits per heavy atom. The predicted octanol–water partition coefficient (Wildman–Crippen LogP) is 5.27. The van der Waals surface area contributed by atoms with Crippen LogP contribution in [0.5, 0.6) is 0 Å². The third-order valence-corrected chi connectivity index (χ3v) is 16.2. The van der Waals surface area contributed by atoms with Crippen LogP contribution in [0.1, 0.15) is 41.5 Å². The van der Waals surface area contributed by atoms with Crippen molar-refractivity contribution >= 4 is 16.4 Å². The third kappa shape index (κ3) is 4.79. The van der Waals surface area contributed by atoms with Crippen LogP contribution in [0, 0.1) is 11.3 Å². The molecule has 23 heavy (non-hydrogen) atoms. The van der Waals surface area contributed by atoms with E-state index in [0.717, 1.165) is 0 Å². The average molecular weight is 354 g/mol. The first kappa shape index (κ1) is 20.6. The van der Waals surface area contributed by atoms with Gasteiger partial charge >= 0.3 is 0 Å². The van der Waals surface area contributed by atoms with Gasteiger partial charge in [-0.3, -0.25) is 0 Å². The quantitative estimate of drug-likeness (QED) is 0.384. The van der Waals surface area contributed by atoms with Crippen LogP contribution in [0.3, 0.4) is 0 Å². The number of hydrogen-bond donors (Lipinski definition) is 0. The highest BCUT2D eigenvalue weighted by atomic mass is 28.4. The lowest BCUT2D eigenvalue weighted by atomic mass is 10.2. The molecule has 1 heterocycles. The molecule has 1 saturated heterocycles. The summed E-state index contributed by atoms with van der Waals surface area (Å²) in [5, 5.41) is 9.83. The Balaban J connectivity index is 2.70. The van der Waals surface area contributed by atoms with Gasteiger partial charge in [-0.05, 0) is 29.2 Å². The van der Waals surface area contributed by atoms with E-state index in [0.29, 0.717) is 10.8 Å². The van der Waals surface area contributed by atoms with E-state index >= 15 is 0 Å². The van der Waals surface area contributed by atoms with Crippen molar-refractivity contribution in [1.82, 2.24) is 0 Å². The van der Waals surface area contributed by atoms with Crippen molar-refractivity contribution in [3.63, 3.8) is 0 Å². The van der Waals surface area contributed by atoms with Crippen molar-refractivity contribution in [2.75, 3.05) is 0 Å². The van der Waals surface area contributed by atoms with Gasteiger partial charge < -0.3 is 9.16 Å². The van der Waals surface area contributed by atoms with Crippen LogP contribution >= 0.6 is 0 Å². The Hall–Kier alpha value is -0.416. The highest BCUT2D eigenvalue weighted by molar-refractivity contribution is 6.82. The molecule has 0 aromatic carbocycles. The van der Waals surface area contributed by atoms with Gasteiger partial charge in [0.2, 0.25) is 0 Å². The van der Waals surface area contributed by atoms with Crippen LogP contribution in [-0.2, 0) is 9.16 Å². The topological polar surface area (TPSA) is 45.5 Å². The number of epoxide rings is 1. The zero-order valence-corrected chi connectivity index (χ0v) is 18.7. The maximum atomic E-state index is 9.41. The molecule has 3 unspecified atom stereocenters. The number of hydrogen-bond acceptors (Lipinski definition) is 3. The fraction of sp³-hybridized carbons (Fsp3) is 0.833. The summed E-state index contributed by atoms with van der Waals surface area (Å²) in [5.74, 6) is 0. The zero-order valence-electron chi connectivity index (χ0n) is 16.7. The lowest BCUT2D eigenvalue weighted by Crippen LogP contribution is -2.44. The molecule has 1 aliphatic rings. The smallest absolute Gasteiger partial charge is 0.194 e. The summed E-state index contributed by atoms with van der Waals surface area (Å²) in [6.45, 7) is 22.6. The first-order valence-electron chi connectivity index (χ1n) is 8.55. The molecular weight excluding hydrogens is 318 g/mol. The summed E-state index contributed by atoms with van der Waals surface area (Å²) in [6.07, 6.45) is 3.64. The van der Waals surface area contributed by atoms with Crippen molar-refractivity contribution in [2.24, 2.45) is 0 Å². The van der Waals surface area contributed by atoms with Gasteiger partial charge in [0, 0.05) is 0 Å². The van der Waals surface area contributed by atoms with E-state index in [1.807, 2.05) is 12.2 Å². The number of ether oxygens (including phenoxy) is 1. The first-order valence-corrected chi connectivity index (χ1v) is 14.5. The molecule has 3 atom stereocenters. The minimum absolute atomic E-state index is 0.107. The third-order valence-electron chi connectivity index (χ3n) is 6.00. The molecule has 0 N–H and O–H groups in total. The molecule has 0 spiro atoms. The highest BCUT2D eigenvalue weighted by Crippen LogP contribution is 2.46. The summed E-state index contributed by atoms with van der Waals surface area (Å²) in [5.41, 5.74) is 0.353. The van der Waals surface area contributed by atoms with E-state index in [1.54, 1.807) is 0 Å². The van der Waals surface area contributed by atoms with Crippen LogP contribution in [0.15, 0.2) is 12.2 Å². The summed E-state index contributed by atoms with van der Waals surface area (Å²) >= 11 is 0. The van der Waals surface area contributed by atoms with E-state index in [-0.39, 0.29) is 11.1 Å². The molecule has 0 aromatic rings. The molecule has 1 aliphatic heterocycles. The second-order valence-corrected chi connectivity index (χ2v) is 20.1. The maximum absolute atomic E-state index is 9.41. The predicted molar refractivity (Wildman–Crippen MR) is 103 cm³/mol. The molecule has 0 saturated carbocycles. The van der Waals surface area contributed by atoms with Crippen molar-refractivity contribution in [1.29, 1.82) is 5.26 Å². The van der Waals surface area contributed by atoms with Gasteiger partial charge in [-0.25, -0.2) is 0 Å². The van der Waals surface area contributed by atoms with Gasteiger partial charge in [0.25, 0.3) is 0 Å². The van der Waals surface area contributed by atoms with Gasteiger partial charge in [-0.1, -0.05) is 60.7 Å². The molecule has 3 nitrogen and oxygen atoms in total. The molecule has 0 aromatic heterocycles. The van der Waals surface area contributed by atoms with E-state index < -0.39 is 22.5 Å². The second-order valence-electron chi connectivity index (χ2n) is 9.81. The van der Waals surface area contributed by atoms with Crippen LogP contribution in [0.2, 0.25) is 36.3 Å². The summed E-state index contributed by atoms with van der Waals surface area (Å²) in [4.78, 5) is 0. The van der Waals surface area contributed by atoms with Crippen LogP contribution in [0.25, 0.3) is 0 Å². The molecule has 0 bridgehead atoms. The SMILES string of the molecule is CC(C)(C)[Si](C)(C)OC(C#N)/C=C/C1OC1[Si](C)(C)C(C)(C)C. The Labute approximate surface area is 145 Å². The Bertz CT molecular complexity index is 493. The molecular formula is C18H35NO2Si2. The molecule has 132 valence electrons. The standard InChI is InChI=1S/C18H35NO2Si2/c1-17(2,3)22(7,8)16-15(20-16)12-11-14(13-19)21-23(9,10)18(4,5)6/h11-12,14-16H,1-10H3/b12-11+. The minimum Gasteiger partial charge on any atom is -0.398 e. The fourth-order valence-electron chi connectivity index (χ4n) is 2.09. The van der Waals surface area contributed by atoms with Crippen molar-refractivity contribution in [3.05, 3.63) is 12.2 Å². The first-order chi connectivity index (χ1) is 10.1. The lowest BCUT2D eigenvalue weighted by molar-refractivity contribution is 0.272. The average Bonchev–Trinajstić information content (AvgIpc) is 3.11. The second kappa shape index (κ2) is 6.47. The zero-order chi connectivity index (χ0) is 18.3. The summed E-state index contributed by atoms with van der Waals surface area (Å²) < 4.78 is 12.1. The molecule has 1 fully saturated rings. The largest absolute Gasteiger partial charge is 0.398 e. The lowest BCUT2D eigenvalue weighted by Gasteiger charge is -2.37. The van der Waals surface area contributed by atoms with Gasteiger partial charge in [0.15, 0.2) is 14.4 Å². The van der Waals surface area contributed by atoms with Crippen LogP contribution < -0.4 is 0 Å². The maximum Gasteiger partial charge on any atom is 0.194 e. The Morgan fingerprint density at radius 3 is 1.96 bits per heavy atom. The van der Waals surface area contributed by atoms with E-state index in [4.69, 9.17) is 9.16 Å². The minimum atomic E-state index is -1.93. The number of nitriles is 1. The summed E-state index contributed by atoms with van der Waals surface area (Å²) in [6, 6.07) is 2.28. The number of rotatable bonds is 5. The van der Waals surface area contributed by atoms with E-state index in [1.165, 1.54) is 0 Å². The van der Waals surface area contributed by atoms with Gasteiger partial charge in [-0.15, -0.1) is 0 Å².